The lowest BCUT2D eigenvalue weighted by Gasteiger charge is -2.35. The van der Waals surface area contributed by atoms with Gasteiger partial charge in [-0.05, 0) is 51.5 Å². The third-order valence-electron chi connectivity index (χ3n) is 6.54. The minimum absolute atomic E-state index is 0.797. The van der Waals surface area contributed by atoms with Crippen LogP contribution in [0.15, 0.2) is 140 Å². The van der Waals surface area contributed by atoms with E-state index in [-0.39, 0.29) is 0 Å². The Balaban J connectivity index is 1.81. The Labute approximate surface area is 216 Å². The highest BCUT2D eigenvalue weighted by Gasteiger charge is 2.43. The molecule has 5 aromatic rings. The van der Waals surface area contributed by atoms with Crippen molar-refractivity contribution in [3.8, 4) is 5.75 Å². The first kappa shape index (κ1) is 24.2. The Morgan fingerprint density at radius 1 is 0.500 bits per heavy atom. The largest absolute Gasteiger partial charge is 0.497 e. The Morgan fingerprint density at radius 3 is 1.50 bits per heavy atom. The minimum Gasteiger partial charge on any atom is -0.497 e. The van der Waals surface area contributed by atoms with Crippen molar-refractivity contribution >= 4 is 47.7 Å². The molecule has 5 rings (SSSR count). The molecular weight excluding hydrogens is 475 g/mol. The van der Waals surface area contributed by atoms with Gasteiger partial charge in [-0.2, -0.15) is 0 Å². The van der Waals surface area contributed by atoms with Gasteiger partial charge in [0, 0.05) is 7.11 Å². The number of hydrogen-bond acceptors (Lipinski definition) is 2. The molecule has 4 heteroatoms. The maximum absolute atomic E-state index is 6.74. The summed E-state index contributed by atoms with van der Waals surface area (Å²) in [7, 11) is -0.0703. The zero-order valence-corrected chi connectivity index (χ0v) is 22.4. The van der Waals surface area contributed by atoms with E-state index in [9.17, 15) is 0 Å². The molecule has 0 aliphatic rings. The zero-order valence-electron chi connectivity index (χ0n) is 20.5. The Kier molecular flexibility index (Phi) is 7.43. The molecule has 0 saturated carbocycles. The second-order valence-corrected chi connectivity index (χ2v) is 14.2. The molecule has 0 fully saturated rings. The van der Waals surface area contributed by atoms with Gasteiger partial charge in [0.25, 0.3) is 8.32 Å². The predicted octanol–water partition coefficient (Wildman–Crippen LogP) is 4.07. The average molecular weight is 505 g/mol. The highest BCUT2D eigenvalue weighted by molar-refractivity contribution is 7.80. The zero-order chi connectivity index (χ0) is 24.8. The quantitative estimate of drug-likeness (QED) is 0.180. The van der Waals surface area contributed by atoms with Gasteiger partial charge in [0.15, 0.2) is 0 Å². The molecule has 178 valence electrons. The van der Waals surface area contributed by atoms with Crippen LogP contribution in [0.1, 0.15) is 0 Å². The molecule has 0 spiro atoms. The van der Waals surface area contributed by atoms with E-state index in [1.807, 2.05) is 19.2 Å². The molecule has 0 aliphatic heterocycles. The van der Waals surface area contributed by atoms with Crippen molar-refractivity contribution in [1.82, 2.24) is 0 Å². The van der Waals surface area contributed by atoms with E-state index in [4.69, 9.17) is 9.16 Å². The molecule has 1 atom stereocenters. The number of hydrogen-bond donors (Lipinski definition) is 0. The summed E-state index contributed by atoms with van der Waals surface area (Å²) < 4.78 is 12.2. The number of ether oxygens (including phenoxy) is 1. The van der Waals surface area contributed by atoms with Crippen LogP contribution in [0.5, 0.6) is 5.75 Å². The molecule has 0 saturated heterocycles. The van der Waals surface area contributed by atoms with E-state index < -0.39 is 16.2 Å². The first-order valence-corrected chi connectivity index (χ1v) is 15.3. The maximum Gasteiger partial charge on any atom is 0.288 e. The number of benzene rings is 5. The standard InChI is InChI=1S/C32H29O2PSi/c1-33-26-22-24-30(25-23-26)36(34-2,29-18-10-5-11-19-29)32-21-13-12-20-31(32)35(27-14-6-3-7-15-27)28-16-8-4-9-17-28/h3-25H,1-2H3. The molecule has 0 aliphatic carbocycles. The second-order valence-electron chi connectivity index (χ2n) is 8.50. The van der Waals surface area contributed by atoms with Gasteiger partial charge in [-0.1, -0.05) is 127 Å². The van der Waals surface area contributed by atoms with Crippen LogP contribution in [-0.2, 0) is 4.43 Å². The van der Waals surface area contributed by atoms with Crippen LogP contribution in [0, 0.1) is 0 Å². The van der Waals surface area contributed by atoms with E-state index in [0.717, 1.165) is 5.75 Å². The molecule has 0 heterocycles. The number of rotatable bonds is 8. The normalized spacial score (nSPS) is 12.8. The summed E-state index contributed by atoms with van der Waals surface area (Å²) >= 11 is 0. The summed E-state index contributed by atoms with van der Waals surface area (Å²) in [6, 6.07) is 49.8. The first-order chi connectivity index (χ1) is 17.8. The lowest BCUT2D eigenvalue weighted by atomic mass is 10.3. The van der Waals surface area contributed by atoms with Crippen molar-refractivity contribution in [2.45, 2.75) is 0 Å². The van der Waals surface area contributed by atoms with Gasteiger partial charge < -0.3 is 9.16 Å². The van der Waals surface area contributed by atoms with Gasteiger partial charge in [0.2, 0.25) is 0 Å². The maximum atomic E-state index is 6.74. The second kappa shape index (κ2) is 11.1. The molecule has 0 bridgehead atoms. The van der Waals surface area contributed by atoms with Gasteiger partial charge in [-0.25, -0.2) is 0 Å². The van der Waals surface area contributed by atoms with Crippen molar-refractivity contribution in [3.05, 3.63) is 140 Å². The monoisotopic (exact) mass is 504 g/mol. The Morgan fingerprint density at radius 2 is 0.972 bits per heavy atom. The minimum atomic E-state index is -2.85. The molecule has 0 aromatic heterocycles. The third kappa shape index (κ3) is 4.54. The van der Waals surface area contributed by atoms with E-state index >= 15 is 0 Å². The molecule has 0 amide bonds. The topological polar surface area (TPSA) is 18.5 Å². The van der Waals surface area contributed by atoms with Crippen LogP contribution in [-0.4, -0.2) is 22.5 Å². The SMILES string of the molecule is COc1ccc([Si](OC)(c2ccccc2)c2ccccc2P(c2ccccc2)c2ccccc2)cc1. The molecular formula is C32H29O2PSi. The number of methoxy groups -OCH3 is 1. The molecule has 0 N–H and O–H groups in total. The smallest absolute Gasteiger partial charge is 0.288 e. The lowest BCUT2D eigenvalue weighted by Crippen LogP contribution is -2.71. The summed E-state index contributed by atoms with van der Waals surface area (Å²) in [5.74, 6) is 0.843. The van der Waals surface area contributed by atoms with Gasteiger partial charge in [-0.15, -0.1) is 0 Å². The fourth-order valence-corrected chi connectivity index (χ4v) is 11.7. The van der Waals surface area contributed by atoms with Crippen LogP contribution < -0.4 is 36.2 Å². The summed E-state index contributed by atoms with van der Waals surface area (Å²) in [4.78, 5) is 0. The highest BCUT2D eigenvalue weighted by atomic mass is 31.1. The predicted molar refractivity (Wildman–Crippen MR) is 156 cm³/mol. The molecule has 0 radical (unpaired) electrons. The summed E-state index contributed by atoms with van der Waals surface area (Å²) in [5, 5.41) is 7.68. The van der Waals surface area contributed by atoms with Crippen LogP contribution >= 0.6 is 7.92 Å². The van der Waals surface area contributed by atoms with Crippen LogP contribution in [0.3, 0.4) is 0 Å². The van der Waals surface area contributed by atoms with Gasteiger partial charge in [-0.3, -0.25) is 0 Å². The van der Waals surface area contributed by atoms with Gasteiger partial charge >= 0.3 is 0 Å². The van der Waals surface area contributed by atoms with Crippen molar-refractivity contribution in [2.75, 3.05) is 14.2 Å². The van der Waals surface area contributed by atoms with E-state index in [0.29, 0.717) is 0 Å². The van der Waals surface area contributed by atoms with E-state index in [1.165, 1.54) is 31.5 Å². The summed E-state index contributed by atoms with van der Waals surface area (Å²) in [6.07, 6.45) is 0. The summed E-state index contributed by atoms with van der Waals surface area (Å²) in [6.45, 7) is 0. The highest BCUT2D eigenvalue weighted by Crippen LogP contribution is 2.32. The van der Waals surface area contributed by atoms with Crippen LogP contribution in [0.4, 0.5) is 0 Å². The average Bonchev–Trinajstić information content (AvgIpc) is 2.97. The van der Waals surface area contributed by atoms with Gasteiger partial charge in [0.1, 0.15) is 5.75 Å². The molecule has 5 aromatic carbocycles. The molecule has 36 heavy (non-hydrogen) atoms. The first-order valence-electron chi connectivity index (χ1n) is 12.0. The summed E-state index contributed by atoms with van der Waals surface area (Å²) in [5.41, 5.74) is 0. The lowest BCUT2D eigenvalue weighted by molar-refractivity contribution is 0.414. The Hall–Kier alpha value is -3.49. The molecule has 1 unspecified atom stereocenters. The van der Waals surface area contributed by atoms with Crippen molar-refractivity contribution in [1.29, 1.82) is 0 Å². The van der Waals surface area contributed by atoms with Crippen LogP contribution in [0.25, 0.3) is 0 Å². The van der Waals surface area contributed by atoms with Crippen molar-refractivity contribution in [2.24, 2.45) is 0 Å². The van der Waals surface area contributed by atoms with Crippen molar-refractivity contribution < 1.29 is 9.16 Å². The third-order valence-corrected chi connectivity index (χ3v) is 13.3. The van der Waals surface area contributed by atoms with E-state index in [1.54, 1.807) is 7.11 Å². The fraction of sp³-hybridized carbons (Fsp3) is 0.0625. The molecule has 2 nitrogen and oxygen atoms in total. The Bertz CT molecular complexity index is 1350. The van der Waals surface area contributed by atoms with Gasteiger partial charge in [0.05, 0.1) is 7.11 Å². The fourth-order valence-electron chi connectivity index (χ4n) is 4.87. The van der Waals surface area contributed by atoms with Crippen molar-refractivity contribution in [3.63, 3.8) is 0 Å². The van der Waals surface area contributed by atoms with E-state index in [2.05, 4.69) is 127 Å². The van der Waals surface area contributed by atoms with Crippen LogP contribution in [0.2, 0.25) is 0 Å².